The van der Waals surface area contributed by atoms with Gasteiger partial charge in [-0.05, 0) is 36.6 Å². The van der Waals surface area contributed by atoms with E-state index in [1.165, 1.54) is 11.1 Å². The van der Waals surface area contributed by atoms with Crippen LogP contribution in [0.3, 0.4) is 0 Å². The second-order valence-corrected chi connectivity index (χ2v) is 5.49. The van der Waals surface area contributed by atoms with Crippen LogP contribution in [0.25, 0.3) is 0 Å². The highest BCUT2D eigenvalue weighted by molar-refractivity contribution is 5.48. The predicted molar refractivity (Wildman–Crippen MR) is 86.2 cm³/mol. The summed E-state index contributed by atoms with van der Waals surface area (Å²) in [6, 6.07) is 4.74. The average Bonchev–Trinajstić information content (AvgIpc) is 2.52. The summed E-state index contributed by atoms with van der Waals surface area (Å²) >= 11 is 0. The molecule has 4 nitrogen and oxygen atoms in total. The van der Waals surface area contributed by atoms with Crippen molar-refractivity contribution < 1.29 is 9.47 Å². The van der Waals surface area contributed by atoms with Gasteiger partial charge >= 0.3 is 0 Å². The SMILES string of the molecule is C=CCNCC(C)N1CCc2cc(OC)c(OC)cc2C1. The molecule has 0 aromatic heterocycles. The van der Waals surface area contributed by atoms with Crippen LogP contribution in [0, 0.1) is 0 Å². The third-order valence-electron chi connectivity index (χ3n) is 4.10. The maximum atomic E-state index is 5.41. The zero-order valence-electron chi connectivity index (χ0n) is 13.3. The van der Waals surface area contributed by atoms with Crippen LogP contribution in [-0.4, -0.2) is 44.8 Å². The molecule has 1 aromatic rings. The molecule has 0 fully saturated rings. The standard InChI is InChI=1S/C17H26N2O2/c1-5-7-18-11-13(2)19-8-6-14-9-16(20-3)17(21-4)10-15(14)12-19/h5,9-10,13,18H,1,6-8,11-12H2,2-4H3. The van der Waals surface area contributed by atoms with Crippen molar-refractivity contribution in [3.63, 3.8) is 0 Å². The summed E-state index contributed by atoms with van der Waals surface area (Å²) in [6.07, 6.45) is 2.96. The lowest BCUT2D eigenvalue weighted by atomic mass is 9.97. The smallest absolute Gasteiger partial charge is 0.161 e. The fraction of sp³-hybridized carbons (Fsp3) is 0.529. The third kappa shape index (κ3) is 3.77. The molecule has 0 amide bonds. The second kappa shape index (κ2) is 7.48. The van der Waals surface area contributed by atoms with E-state index in [4.69, 9.17) is 9.47 Å². The summed E-state index contributed by atoms with van der Waals surface area (Å²) in [4.78, 5) is 2.50. The van der Waals surface area contributed by atoms with Crippen molar-refractivity contribution >= 4 is 0 Å². The third-order valence-corrected chi connectivity index (χ3v) is 4.10. The van der Waals surface area contributed by atoms with Gasteiger partial charge in [0.2, 0.25) is 0 Å². The first kappa shape index (κ1) is 15.9. The van der Waals surface area contributed by atoms with Gasteiger partial charge in [0.15, 0.2) is 11.5 Å². The zero-order chi connectivity index (χ0) is 15.2. The highest BCUT2D eigenvalue weighted by Crippen LogP contribution is 2.33. The van der Waals surface area contributed by atoms with E-state index < -0.39 is 0 Å². The Kier molecular flexibility index (Phi) is 5.65. The molecule has 0 saturated carbocycles. The Hall–Kier alpha value is -1.52. The quantitative estimate of drug-likeness (QED) is 0.617. The Morgan fingerprint density at radius 2 is 1.95 bits per heavy atom. The molecule has 0 saturated heterocycles. The Bertz CT molecular complexity index is 488. The Morgan fingerprint density at radius 3 is 2.57 bits per heavy atom. The van der Waals surface area contributed by atoms with E-state index in [-0.39, 0.29) is 0 Å². The number of benzene rings is 1. The van der Waals surface area contributed by atoms with Crippen molar-refractivity contribution in [2.45, 2.75) is 25.9 Å². The molecule has 1 unspecified atom stereocenters. The summed E-state index contributed by atoms with van der Waals surface area (Å²) in [5.41, 5.74) is 2.71. The first-order valence-electron chi connectivity index (χ1n) is 7.49. The molecule has 1 aliphatic heterocycles. The fourth-order valence-corrected chi connectivity index (χ4v) is 2.80. The van der Waals surface area contributed by atoms with Crippen molar-refractivity contribution in [3.8, 4) is 11.5 Å². The molecule has 116 valence electrons. The van der Waals surface area contributed by atoms with Gasteiger partial charge in [-0.2, -0.15) is 0 Å². The van der Waals surface area contributed by atoms with E-state index in [1.807, 2.05) is 6.08 Å². The van der Waals surface area contributed by atoms with Gasteiger partial charge in [-0.1, -0.05) is 6.08 Å². The second-order valence-electron chi connectivity index (χ2n) is 5.49. The van der Waals surface area contributed by atoms with Gasteiger partial charge in [-0.15, -0.1) is 6.58 Å². The van der Waals surface area contributed by atoms with Crippen LogP contribution in [-0.2, 0) is 13.0 Å². The molecule has 1 heterocycles. The lowest BCUT2D eigenvalue weighted by Crippen LogP contribution is -2.43. The van der Waals surface area contributed by atoms with Crippen molar-refractivity contribution in [1.29, 1.82) is 0 Å². The number of hydrogen-bond acceptors (Lipinski definition) is 4. The molecule has 1 aliphatic rings. The van der Waals surface area contributed by atoms with Crippen molar-refractivity contribution in [2.24, 2.45) is 0 Å². The van der Waals surface area contributed by atoms with Crippen LogP contribution < -0.4 is 14.8 Å². The average molecular weight is 290 g/mol. The van der Waals surface area contributed by atoms with E-state index in [2.05, 4.69) is 35.9 Å². The Balaban J connectivity index is 2.07. The number of nitrogens with zero attached hydrogens (tertiary/aromatic N) is 1. The molecule has 0 radical (unpaired) electrons. The molecular formula is C17H26N2O2. The van der Waals surface area contributed by atoms with Crippen LogP contribution >= 0.6 is 0 Å². The number of nitrogens with one attached hydrogen (secondary N) is 1. The highest BCUT2D eigenvalue weighted by Gasteiger charge is 2.22. The van der Waals surface area contributed by atoms with Gasteiger partial charge in [0.1, 0.15) is 0 Å². The minimum absolute atomic E-state index is 0.506. The van der Waals surface area contributed by atoms with E-state index in [0.717, 1.165) is 44.1 Å². The molecule has 0 bridgehead atoms. The summed E-state index contributed by atoms with van der Waals surface area (Å²) < 4.78 is 10.8. The van der Waals surface area contributed by atoms with Crippen LogP contribution in [0.5, 0.6) is 11.5 Å². The van der Waals surface area contributed by atoms with Gasteiger partial charge in [-0.25, -0.2) is 0 Å². The van der Waals surface area contributed by atoms with Gasteiger partial charge in [-0.3, -0.25) is 4.90 Å². The van der Waals surface area contributed by atoms with Crippen LogP contribution in [0.4, 0.5) is 0 Å². The molecule has 0 aliphatic carbocycles. The summed E-state index contributed by atoms with van der Waals surface area (Å²) in [5, 5.41) is 3.39. The molecule has 2 rings (SSSR count). The summed E-state index contributed by atoms with van der Waals surface area (Å²) in [5.74, 6) is 1.64. The van der Waals surface area contributed by atoms with Gasteiger partial charge < -0.3 is 14.8 Å². The molecular weight excluding hydrogens is 264 g/mol. The summed E-state index contributed by atoms with van der Waals surface area (Å²) in [6.45, 7) is 9.89. The fourth-order valence-electron chi connectivity index (χ4n) is 2.80. The summed E-state index contributed by atoms with van der Waals surface area (Å²) in [7, 11) is 3.37. The van der Waals surface area contributed by atoms with Crippen molar-refractivity contribution in [1.82, 2.24) is 10.2 Å². The molecule has 1 aromatic carbocycles. The molecule has 1 N–H and O–H groups in total. The number of ether oxygens (including phenoxy) is 2. The molecule has 0 spiro atoms. The maximum Gasteiger partial charge on any atom is 0.161 e. The highest BCUT2D eigenvalue weighted by atomic mass is 16.5. The van der Waals surface area contributed by atoms with Gasteiger partial charge in [0, 0.05) is 32.2 Å². The van der Waals surface area contributed by atoms with Gasteiger partial charge in [0.25, 0.3) is 0 Å². The Labute approximate surface area is 127 Å². The van der Waals surface area contributed by atoms with E-state index in [9.17, 15) is 0 Å². The van der Waals surface area contributed by atoms with Gasteiger partial charge in [0.05, 0.1) is 14.2 Å². The van der Waals surface area contributed by atoms with E-state index in [1.54, 1.807) is 14.2 Å². The first-order chi connectivity index (χ1) is 10.2. The number of rotatable bonds is 7. The first-order valence-corrected chi connectivity index (χ1v) is 7.49. The molecule has 1 atom stereocenters. The topological polar surface area (TPSA) is 33.7 Å². The van der Waals surface area contributed by atoms with Crippen molar-refractivity contribution in [2.75, 3.05) is 33.9 Å². The van der Waals surface area contributed by atoms with Crippen LogP contribution in [0.2, 0.25) is 0 Å². The largest absolute Gasteiger partial charge is 0.493 e. The van der Waals surface area contributed by atoms with E-state index >= 15 is 0 Å². The Morgan fingerprint density at radius 1 is 1.29 bits per heavy atom. The lowest BCUT2D eigenvalue weighted by molar-refractivity contribution is 0.187. The monoisotopic (exact) mass is 290 g/mol. The zero-order valence-corrected chi connectivity index (χ0v) is 13.3. The number of hydrogen-bond donors (Lipinski definition) is 1. The minimum atomic E-state index is 0.506. The normalized spacial score (nSPS) is 16.1. The van der Waals surface area contributed by atoms with E-state index in [0.29, 0.717) is 6.04 Å². The van der Waals surface area contributed by atoms with Crippen LogP contribution in [0.15, 0.2) is 24.8 Å². The minimum Gasteiger partial charge on any atom is -0.493 e. The van der Waals surface area contributed by atoms with Crippen molar-refractivity contribution in [3.05, 3.63) is 35.9 Å². The molecule has 4 heteroatoms. The predicted octanol–water partition coefficient (Wildman–Crippen LogP) is 2.23. The maximum absolute atomic E-state index is 5.41. The van der Waals surface area contributed by atoms with Crippen LogP contribution in [0.1, 0.15) is 18.1 Å². The lowest BCUT2D eigenvalue weighted by Gasteiger charge is -2.34. The molecule has 21 heavy (non-hydrogen) atoms. The number of methoxy groups -OCH3 is 2. The number of fused-ring (bicyclic) bond motifs is 1.